The summed E-state index contributed by atoms with van der Waals surface area (Å²) in [7, 11) is 0. The molecule has 128 valence electrons. The molecular formula is C17H18Cl2N2O3. The molecular weight excluding hydrogens is 351 g/mol. The van der Waals surface area contributed by atoms with E-state index in [-0.39, 0.29) is 18.7 Å². The highest BCUT2D eigenvalue weighted by atomic mass is 35.5. The van der Waals surface area contributed by atoms with Gasteiger partial charge >= 0.3 is 12.0 Å². The molecule has 1 N–H and O–H groups in total. The Balaban J connectivity index is 2.11. The number of esters is 1. The lowest BCUT2D eigenvalue weighted by atomic mass is 9.94. The van der Waals surface area contributed by atoms with Crippen LogP contribution in [0.2, 0.25) is 10.0 Å². The van der Waals surface area contributed by atoms with E-state index in [2.05, 4.69) is 5.32 Å². The molecule has 2 aliphatic rings. The van der Waals surface area contributed by atoms with E-state index in [0.29, 0.717) is 26.9 Å². The van der Waals surface area contributed by atoms with Gasteiger partial charge in [0.25, 0.3) is 0 Å². The number of nitrogens with zero attached hydrogens (tertiary/aromatic N) is 1. The summed E-state index contributed by atoms with van der Waals surface area (Å²) >= 11 is 12.4. The second kappa shape index (κ2) is 6.65. The molecule has 5 nitrogen and oxygen atoms in total. The summed E-state index contributed by atoms with van der Waals surface area (Å²) in [6.07, 6.45) is 1.87. The maximum Gasteiger partial charge on any atom is 0.338 e. The largest absolute Gasteiger partial charge is 0.463 e. The predicted molar refractivity (Wildman–Crippen MR) is 91.9 cm³/mol. The summed E-state index contributed by atoms with van der Waals surface area (Å²) < 4.78 is 5.21. The Hall–Kier alpha value is -1.72. The number of halogens is 2. The lowest BCUT2D eigenvalue weighted by Gasteiger charge is -2.35. The average Bonchev–Trinajstić information content (AvgIpc) is 3.34. The molecule has 0 aromatic heterocycles. The Kier molecular flexibility index (Phi) is 4.74. The van der Waals surface area contributed by atoms with E-state index < -0.39 is 12.0 Å². The summed E-state index contributed by atoms with van der Waals surface area (Å²) in [6.45, 7) is 3.77. The van der Waals surface area contributed by atoms with Gasteiger partial charge in [-0.05, 0) is 38.3 Å². The van der Waals surface area contributed by atoms with Gasteiger partial charge in [-0.1, -0.05) is 35.3 Å². The van der Waals surface area contributed by atoms with Crippen LogP contribution in [0.15, 0.2) is 29.5 Å². The molecule has 1 saturated carbocycles. The van der Waals surface area contributed by atoms with Crippen LogP contribution in [0.5, 0.6) is 0 Å². The topological polar surface area (TPSA) is 58.6 Å². The molecule has 3 rings (SSSR count). The Labute approximate surface area is 150 Å². The number of ether oxygens (including phenoxy) is 1. The Morgan fingerprint density at radius 2 is 2.08 bits per heavy atom. The molecule has 24 heavy (non-hydrogen) atoms. The summed E-state index contributed by atoms with van der Waals surface area (Å²) in [6, 6.07) is 4.38. The van der Waals surface area contributed by atoms with Gasteiger partial charge in [-0.25, -0.2) is 9.59 Å². The summed E-state index contributed by atoms with van der Waals surface area (Å²) in [4.78, 5) is 26.7. The number of hydrogen-bond acceptors (Lipinski definition) is 3. The zero-order chi connectivity index (χ0) is 17.4. The number of benzene rings is 1. The first-order chi connectivity index (χ1) is 11.5. The Bertz CT molecular complexity index is 729. The maximum absolute atomic E-state index is 12.5. The van der Waals surface area contributed by atoms with E-state index in [9.17, 15) is 9.59 Å². The van der Waals surface area contributed by atoms with Crippen LogP contribution in [0.1, 0.15) is 38.3 Å². The minimum atomic E-state index is -0.683. The van der Waals surface area contributed by atoms with Crippen molar-refractivity contribution in [3.8, 4) is 0 Å². The van der Waals surface area contributed by atoms with Gasteiger partial charge in [-0.2, -0.15) is 0 Å². The number of allylic oxidation sites excluding steroid dienone is 1. The van der Waals surface area contributed by atoms with Crippen molar-refractivity contribution < 1.29 is 14.3 Å². The second-order valence-corrected chi connectivity index (χ2v) is 6.63. The second-order valence-electron chi connectivity index (χ2n) is 5.85. The molecule has 1 aromatic carbocycles. The number of hydrogen-bond donors (Lipinski definition) is 1. The van der Waals surface area contributed by atoms with Gasteiger partial charge < -0.3 is 10.1 Å². The first-order valence-electron chi connectivity index (χ1n) is 7.87. The number of nitrogens with one attached hydrogen (secondary N) is 1. The molecule has 1 atom stereocenters. The summed E-state index contributed by atoms with van der Waals surface area (Å²) in [5.41, 5.74) is 1.59. The van der Waals surface area contributed by atoms with Crippen molar-refractivity contribution in [2.45, 2.75) is 38.8 Å². The molecule has 0 radical (unpaired) electrons. The molecule has 1 fully saturated rings. The van der Waals surface area contributed by atoms with Gasteiger partial charge in [0.2, 0.25) is 0 Å². The van der Waals surface area contributed by atoms with Crippen LogP contribution < -0.4 is 5.32 Å². The van der Waals surface area contributed by atoms with Gasteiger partial charge in [0.05, 0.1) is 28.3 Å². The number of carbonyl (C=O) groups excluding carboxylic acids is 2. The van der Waals surface area contributed by atoms with Crippen molar-refractivity contribution in [2.75, 3.05) is 6.61 Å². The molecule has 2 amide bonds. The van der Waals surface area contributed by atoms with Gasteiger partial charge in [0, 0.05) is 11.7 Å². The number of urea groups is 1. The Morgan fingerprint density at radius 3 is 2.71 bits per heavy atom. The van der Waals surface area contributed by atoms with Crippen molar-refractivity contribution in [1.82, 2.24) is 10.2 Å². The van der Waals surface area contributed by atoms with E-state index in [0.717, 1.165) is 12.8 Å². The highest BCUT2D eigenvalue weighted by molar-refractivity contribution is 6.42. The van der Waals surface area contributed by atoms with Crippen molar-refractivity contribution >= 4 is 35.2 Å². The number of amides is 2. The molecule has 1 unspecified atom stereocenters. The average molecular weight is 369 g/mol. The van der Waals surface area contributed by atoms with E-state index in [1.807, 2.05) is 0 Å². The normalized spacial score (nSPS) is 20.9. The van der Waals surface area contributed by atoms with E-state index in [1.165, 1.54) is 0 Å². The zero-order valence-electron chi connectivity index (χ0n) is 13.4. The predicted octanol–water partition coefficient (Wildman–Crippen LogP) is 4.06. The van der Waals surface area contributed by atoms with E-state index in [1.54, 1.807) is 36.9 Å². The summed E-state index contributed by atoms with van der Waals surface area (Å²) in [5.74, 6) is -0.457. The zero-order valence-corrected chi connectivity index (χ0v) is 14.9. The van der Waals surface area contributed by atoms with E-state index >= 15 is 0 Å². The molecule has 0 bridgehead atoms. The third-order valence-corrected chi connectivity index (χ3v) is 5.06. The van der Waals surface area contributed by atoms with Crippen LogP contribution in [0.25, 0.3) is 0 Å². The fourth-order valence-electron chi connectivity index (χ4n) is 2.98. The van der Waals surface area contributed by atoms with Gasteiger partial charge in [0.15, 0.2) is 0 Å². The lowest BCUT2D eigenvalue weighted by molar-refractivity contribution is -0.139. The van der Waals surface area contributed by atoms with Gasteiger partial charge in [0.1, 0.15) is 0 Å². The van der Waals surface area contributed by atoms with Crippen LogP contribution in [0.4, 0.5) is 4.79 Å². The molecule has 1 aromatic rings. The monoisotopic (exact) mass is 368 g/mol. The van der Waals surface area contributed by atoms with Crippen LogP contribution >= 0.6 is 23.2 Å². The molecule has 7 heteroatoms. The Morgan fingerprint density at radius 1 is 1.38 bits per heavy atom. The summed E-state index contributed by atoms with van der Waals surface area (Å²) in [5, 5.41) is 3.56. The molecule has 0 spiro atoms. The molecule has 0 saturated heterocycles. The van der Waals surface area contributed by atoms with Crippen LogP contribution in [-0.4, -0.2) is 29.5 Å². The van der Waals surface area contributed by atoms with E-state index in [4.69, 9.17) is 27.9 Å². The third-order valence-electron chi connectivity index (χ3n) is 4.23. The van der Waals surface area contributed by atoms with Gasteiger partial charge in [-0.15, -0.1) is 0 Å². The first kappa shape index (κ1) is 17.1. The minimum Gasteiger partial charge on any atom is -0.463 e. The quantitative estimate of drug-likeness (QED) is 0.815. The molecule has 1 aliphatic heterocycles. The first-order valence-corrected chi connectivity index (χ1v) is 8.62. The van der Waals surface area contributed by atoms with Crippen molar-refractivity contribution in [3.05, 3.63) is 45.1 Å². The smallest absolute Gasteiger partial charge is 0.338 e. The van der Waals surface area contributed by atoms with Crippen molar-refractivity contribution in [1.29, 1.82) is 0 Å². The maximum atomic E-state index is 12.5. The highest BCUT2D eigenvalue weighted by Crippen LogP contribution is 2.40. The highest BCUT2D eigenvalue weighted by Gasteiger charge is 2.43. The number of rotatable bonds is 4. The minimum absolute atomic E-state index is 0.144. The van der Waals surface area contributed by atoms with Crippen LogP contribution in [0, 0.1) is 0 Å². The fourth-order valence-corrected chi connectivity index (χ4v) is 3.40. The SMILES string of the molecule is CCOC(=O)C1=C(C)N(C2CC2)C(=O)NC1c1cccc(Cl)c1Cl. The van der Waals surface area contributed by atoms with Gasteiger partial charge in [-0.3, -0.25) is 4.90 Å². The molecule has 1 aliphatic carbocycles. The number of carbonyl (C=O) groups is 2. The van der Waals surface area contributed by atoms with Crippen LogP contribution in [0.3, 0.4) is 0 Å². The van der Waals surface area contributed by atoms with Crippen molar-refractivity contribution in [2.24, 2.45) is 0 Å². The third kappa shape index (κ3) is 2.98. The lowest BCUT2D eigenvalue weighted by Crippen LogP contribution is -2.49. The van der Waals surface area contributed by atoms with Crippen molar-refractivity contribution in [3.63, 3.8) is 0 Å². The molecule has 1 heterocycles. The standard InChI is InChI=1S/C17H18Cl2N2O3/c1-3-24-16(22)13-9(2)21(10-7-8-10)17(23)20-15(13)11-5-4-6-12(18)14(11)19/h4-6,10,15H,3,7-8H2,1-2H3,(H,20,23). The fraction of sp³-hybridized carbons (Fsp3) is 0.412. The van der Waals surface area contributed by atoms with Crippen LogP contribution in [-0.2, 0) is 9.53 Å².